The largest absolute Gasteiger partial charge is 0.344 e. The van der Waals surface area contributed by atoms with E-state index in [9.17, 15) is 0 Å². The van der Waals surface area contributed by atoms with Crippen molar-refractivity contribution in [3.8, 4) is 0 Å². The van der Waals surface area contributed by atoms with Crippen molar-refractivity contribution in [2.75, 3.05) is 0 Å². The lowest BCUT2D eigenvalue weighted by Gasteiger charge is -0.837. The summed E-state index contributed by atoms with van der Waals surface area (Å²) in [6.45, 7) is 18.0. The van der Waals surface area contributed by atoms with E-state index in [2.05, 4.69) is 0 Å². The van der Waals surface area contributed by atoms with Gasteiger partial charge in [-0.05, 0) is 0 Å². The van der Waals surface area contributed by atoms with E-state index in [-0.39, 0.29) is 76.4 Å². The van der Waals surface area contributed by atoms with Crippen molar-refractivity contribution in [1.29, 1.82) is 0 Å². The molecule has 0 aromatic carbocycles. The van der Waals surface area contributed by atoms with Crippen LogP contribution in [0.5, 0.6) is 0 Å². The molecule has 0 saturated heterocycles. The molecule has 30 heavy (non-hydrogen) atoms. The van der Waals surface area contributed by atoms with Gasteiger partial charge in [-0.3, -0.25) is 0 Å². The Morgan fingerprint density at radius 3 is 0.167 bits per heavy atom. The molecule has 0 aliphatic heterocycles. The number of carbonyl (C=O) groups excluding carboxylic acids is 9. The Bertz CT molecular complexity index is 75.9. The fourth-order valence-corrected chi connectivity index (χ4v) is 0. The monoisotopic (exact) mass is 472 g/mol. The third-order valence-corrected chi connectivity index (χ3v) is 0. The molecule has 0 unspecified atom stereocenters. The highest BCUT2D eigenvalue weighted by Crippen LogP contribution is 0.511. The van der Waals surface area contributed by atoms with Gasteiger partial charge in [0.15, 0.2) is 0 Å². The van der Waals surface area contributed by atoms with Gasteiger partial charge in [0, 0.05) is 0 Å². The van der Waals surface area contributed by atoms with Crippen molar-refractivity contribution in [2.24, 2.45) is 0 Å². The first-order valence-corrected chi connectivity index (χ1v) is 2.60. The summed E-state index contributed by atoms with van der Waals surface area (Å²) in [5.41, 5.74) is 0. The van der Waals surface area contributed by atoms with Crippen LogP contribution >= 0.6 is 0 Å². The SMILES string of the molecule is C.C.C=O.C=O.C=O.C=O.C=O.C=O.C=O.C=O.C=O.N.N.N.N.N.N.N.N.N.N. The molecule has 0 aliphatic carbocycles. The average molecular weight is 473 g/mol. The van der Waals surface area contributed by atoms with Crippen LogP contribution in [0.25, 0.3) is 0 Å². The van der Waals surface area contributed by atoms with E-state index in [1.54, 1.807) is 0 Å². The zero-order chi connectivity index (χ0) is 18.0. The number of rotatable bonds is 0. The van der Waals surface area contributed by atoms with E-state index in [4.69, 9.17) is 43.2 Å². The molecule has 0 radical (unpaired) electrons. The van der Waals surface area contributed by atoms with E-state index in [0.29, 0.717) is 0 Å². The minimum absolute atomic E-state index is 0. The summed E-state index contributed by atoms with van der Waals surface area (Å²) in [5, 5.41) is 0. The summed E-state index contributed by atoms with van der Waals surface area (Å²) in [4.78, 5) is 72.0. The lowest BCUT2D eigenvalue weighted by Crippen LogP contribution is -0.925. The van der Waals surface area contributed by atoms with E-state index in [1.807, 2.05) is 61.1 Å². The van der Waals surface area contributed by atoms with Crippen molar-refractivity contribution < 1.29 is 43.2 Å². The smallest absolute Gasteiger partial charge is 0.106 e. The highest BCUT2D eigenvalue weighted by Gasteiger charge is 0.652. The summed E-state index contributed by atoms with van der Waals surface area (Å²) in [5.74, 6) is 0. The van der Waals surface area contributed by atoms with E-state index in [1.165, 1.54) is 0 Å². The lowest BCUT2D eigenvalue weighted by molar-refractivity contribution is -0.0987. The van der Waals surface area contributed by atoms with Gasteiger partial charge in [-0.2, -0.15) is 0 Å². The predicted octanol–water partition coefficient (Wildman–Crippen LogP) is 1.23. The Balaban J connectivity index is -0.00000000152. The van der Waals surface area contributed by atoms with Gasteiger partial charge in [-0.25, -0.2) is 0 Å². The van der Waals surface area contributed by atoms with Gasteiger partial charge in [-0.1, -0.05) is 14.9 Å². The summed E-state index contributed by atoms with van der Waals surface area (Å²) < 4.78 is 0. The quantitative estimate of drug-likeness (QED) is 0.236. The normalized spacial score (nSPS) is 1.20. The van der Waals surface area contributed by atoms with Gasteiger partial charge >= 0.3 is 0 Å². The molecule has 0 amide bonds. The van der Waals surface area contributed by atoms with E-state index >= 15 is 0 Å². The molecule has 0 aromatic heterocycles. The van der Waals surface area contributed by atoms with Gasteiger partial charge < -0.3 is 105 Å². The second-order valence-electron chi connectivity index (χ2n) is 0. The van der Waals surface area contributed by atoms with Gasteiger partial charge in [0.2, 0.25) is 0 Å². The van der Waals surface area contributed by atoms with Crippen LogP contribution in [0.1, 0.15) is 14.9 Å². The van der Waals surface area contributed by atoms with Crippen LogP contribution < -0.4 is 61.5 Å². The Kier molecular flexibility index (Phi) is 25200. The van der Waals surface area contributed by atoms with Crippen LogP contribution in [0.2, 0.25) is 0 Å². The average Bonchev–Trinajstić information content (AvgIpc) is 2.63. The number of hydrogen-bond acceptors (Lipinski definition) is 19. The fraction of sp³-hybridized carbons (Fsp3) is 0.182. The Labute approximate surface area is 181 Å². The molecule has 0 saturated carbocycles. The van der Waals surface area contributed by atoms with Crippen LogP contribution in [-0.4, -0.2) is 61.1 Å². The fourth-order valence-electron chi connectivity index (χ4n) is 0. The minimum Gasteiger partial charge on any atom is -0.344 e. The maximum absolute atomic E-state index is 8.00. The Morgan fingerprint density at radius 1 is 0.167 bits per heavy atom. The molecule has 0 atom stereocenters. The summed E-state index contributed by atoms with van der Waals surface area (Å²) in [7, 11) is 0. The maximum atomic E-state index is 8.00. The molecule has 0 fully saturated rings. The topological polar surface area (TPSA) is 504 Å². The van der Waals surface area contributed by atoms with Crippen molar-refractivity contribution >= 4 is 61.1 Å². The van der Waals surface area contributed by atoms with Crippen molar-refractivity contribution in [2.45, 2.75) is 14.9 Å². The van der Waals surface area contributed by atoms with Crippen molar-refractivity contribution in [3.05, 3.63) is 0 Å². The highest BCUT2D eigenvalue weighted by molar-refractivity contribution is 5.12. The zero-order valence-corrected chi connectivity index (χ0v) is 17.1. The van der Waals surface area contributed by atoms with E-state index < -0.39 is 0 Å². The number of hydrogen-bond donors (Lipinski definition) is 10. The van der Waals surface area contributed by atoms with Gasteiger partial charge in [0.1, 0.15) is 61.1 Å². The molecule has 30 N–H and O–H groups in total. The standard InChI is InChI=1S/9CH2O.2CH4.10H3N/c9*1-2;;;;;;;;;;;;/h9*1H2;2*1H4;10*1H3. The first-order valence-electron chi connectivity index (χ1n) is 2.60. The highest BCUT2D eigenvalue weighted by atomic mass is 16.1. The van der Waals surface area contributed by atoms with E-state index in [0.717, 1.165) is 0 Å². The molecule has 0 rings (SSSR count). The first kappa shape index (κ1) is 552. The number of carbonyl (C=O) groups is 9. The third kappa shape index (κ3) is 1210. The van der Waals surface area contributed by atoms with Crippen LogP contribution in [0.3, 0.4) is 0 Å². The molecular weight excluding hydrogens is 416 g/mol. The molecule has 19 nitrogen and oxygen atoms in total. The zero-order valence-electron chi connectivity index (χ0n) is 17.1. The molecule has 0 aromatic rings. The molecule has 0 bridgehead atoms. The molecule has 0 spiro atoms. The van der Waals surface area contributed by atoms with Crippen LogP contribution in [0.15, 0.2) is 0 Å². The lowest BCUT2D eigenvalue weighted by atomic mass is 11.9. The summed E-state index contributed by atoms with van der Waals surface area (Å²) in [6.07, 6.45) is 0. The second kappa shape index (κ2) is 1370. The predicted molar refractivity (Wildman–Crippen MR) is 128 cm³/mol. The molecule has 19 heteroatoms. The van der Waals surface area contributed by atoms with Gasteiger partial charge in [-0.15, -0.1) is 0 Å². The summed E-state index contributed by atoms with van der Waals surface area (Å²) in [6, 6.07) is 0. The van der Waals surface area contributed by atoms with Crippen LogP contribution in [-0.2, 0) is 43.2 Å². The molecule has 0 heterocycles. The van der Waals surface area contributed by atoms with Gasteiger partial charge in [0.05, 0.1) is 0 Å². The van der Waals surface area contributed by atoms with Crippen molar-refractivity contribution in [3.63, 3.8) is 0 Å². The minimum atomic E-state index is 0. The Morgan fingerprint density at radius 2 is 0.167 bits per heavy atom. The first-order chi connectivity index (χ1) is 9.00. The van der Waals surface area contributed by atoms with Crippen LogP contribution in [0, 0.1) is 0 Å². The summed E-state index contributed by atoms with van der Waals surface area (Å²) >= 11 is 0. The molecule has 0 aliphatic rings. The van der Waals surface area contributed by atoms with Gasteiger partial charge in [0.25, 0.3) is 0 Å². The Hall–Kier alpha value is -3.37. The molecular formula is C11H56N10O9. The third-order valence-electron chi connectivity index (χ3n) is 0. The molecule has 204 valence electrons. The second-order valence-corrected chi connectivity index (χ2v) is 0. The maximum Gasteiger partial charge on any atom is 0.106 e. The van der Waals surface area contributed by atoms with Crippen LogP contribution in [0.4, 0.5) is 0 Å². The van der Waals surface area contributed by atoms with Crippen molar-refractivity contribution in [1.82, 2.24) is 61.5 Å².